The summed E-state index contributed by atoms with van der Waals surface area (Å²) in [7, 11) is 0. The topological polar surface area (TPSA) is 75.8 Å². The van der Waals surface area contributed by atoms with Crippen LogP contribution in [0.25, 0.3) is 11.0 Å². The summed E-state index contributed by atoms with van der Waals surface area (Å²) in [6.07, 6.45) is 0. The van der Waals surface area contributed by atoms with Gasteiger partial charge in [-0.25, -0.2) is 9.18 Å². The number of aromatic amines is 1. The molecule has 7 heteroatoms. The van der Waals surface area contributed by atoms with Gasteiger partial charge in [0.1, 0.15) is 5.82 Å². The van der Waals surface area contributed by atoms with Crippen LogP contribution in [0.15, 0.2) is 18.2 Å². The SMILES string of the molecule is NC(=O)NCCn1c(=S)[nH]c2cc(F)ccc21. The van der Waals surface area contributed by atoms with Crippen molar-refractivity contribution in [3.05, 3.63) is 28.8 Å². The first kappa shape index (κ1) is 11.6. The molecule has 1 aromatic carbocycles. The summed E-state index contributed by atoms with van der Waals surface area (Å²) in [5.41, 5.74) is 6.39. The first-order chi connectivity index (χ1) is 8.08. The third kappa shape index (κ3) is 2.44. The molecule has 0 fully saturated rings. The largest absolute Gasteiger partial charge is 0.352 e. The minimum Gasteiger partial charge on any atom is -0.352 e. The molecule has 1 aromatic heterocycles. The average molecular weight is 254 g/mol. The molecule has 5 nitrogen and oxygen atoms in total. The molecule has 1 heterocycles. The van der Waals surface area contributed by atoms with Crippen LogP contribution >= 0.6 is 12.2 Å². The number of halogens is 1. The molecule has 0 atom stereocenters. The second-order valence-electron chi connectivity index (χ2n) is 3.53. The van der Waals surface area contributed by atoms with Gasteiger partial charge in [-0.1, -0.05) is 0 Å². The maximum atomic E-state index is 13.0. The van der Waals surface area contributed by atoms with E-state index in [1.165, 1.54) is 12.1 Å². The fourth-order valence-corrected chi connectivity index (χ4v) is 1.95. The van der Waals surface area contributed by atoms with E-state index in [4.69, 9.17) is 18.0 Å². The molecular formula is C10H11FN4OS. The number of primary amides is 1. The Hall–Kier alpha value is -1.89. The molecule has 17 heavy (non-hydrogen) atoms. The highest BCUT2D eigenvalue weighted by atomic mass is 32.1. The van der Waals surface area contributed by atoms with Crippen molar-refractivity contribution in [2.24, 2.45) is 5.73 Å². The van der Waals surface area contributed by atoms with Gasteiger partial charge in [-0.3, -0.25) is 0 Å². The second kappa shape index (κ2) is 4.54. The summed E-state index contributed by atoms with van der Waals surface area (Å²) in [4.78, 5) is 13.4. The third-order valence-corrected chi connectivity index (χ3v) is 2.69. The molecular weight excluding hydrogens is 243 g/mol. The fraction of sp³-hybridized carbons (Fsp3) is 0.200. The molecule has 0 aliphatic rings. The van der Waals surface area contributed by atoms with Gasteiger partial charge in [0.05, 0.1) is 11.0 Å². The van der Waals surface area contributed by atoms with E-state index < -0.39 is 6.03 Å². The van der Waals surface area contributed by atoms with Crippen molar-refractivity contribution in [1.82, 2.24) is 14.9 Å². The number of hydrogen-bond donors (Lipinski definition) is 3. The Bertz CT molecular complexity index is 618. The Balaban J connectivity index is 2.30. The summed E-state index contributed by atoms with van der Waals surface area (Å²) in [6.45, 7) is 0.849. The van der Waals surface area contributed by atoms with Crippen molar-refractivity contribution in [2.75, 3.05) is 6.54 Å². The van der Waals surface area contributed by atoms with Gasteiger partial charge in [-0.2, -0.15) is 0 Å². The molecule has 0 radical (unpaired) electrons. The van der Waals surface area contributed by atoms with Gasteiger partial charge in [0.25, 0.3) is 0 Å². The molecule has 2 amide bonds. The van der Waals surface area contributed by atoms with E-state index in [2.05, 4.69) is 10.3 Å². The number of hydrogen-bond acceptors (Lipinski definition) is 2. The van der Waals surface area contributed by atoms with Crippen LogP contribution in [-0.4, -0.2) is 22.1 Å². The summed E-state index contributed by atoms with van der Waals surface area (Å²) < 4.78 is 15.3. The van der Waals surface area contributed by atoms with E-state index >= 15 is 0 Å². The first-order valence-corrected chi connectivity index (χ1v) is 5.40. The Morgan fingerprint density at radius 3 is 3.06 bits per heavy atom. The Morgan fingerprint density at radius 1 is 1.59 bits per heavy atom. The van der Waals surface area contributed by atoms with Crippen LogP contribution in [0.3, 0.4) is 0 Å². The molecule has 0 bridgehead atoms. The number of H-pyrrole nitrogens is 1. The Kier molecular flexibility index (Phi) is 3.10. The van der Waals surface area contributed by atoms with Crippen LogP contribution in [0, 0.1) is 10.6 Å². The zero-order chi connectivity index (χ0) is 12.4. The number of fused-ring (bicyclic) bond motifs is 1. The lowest BCUT2D eigenvalue weighted by atomic mass is 10.3. The van der Waals surface area contributed by atoms with E-state index in [1.54, 1.807) is 10.6 Å². The zero-order valence-electron chi connectivity index (χ0n) is 8.87. The van der Waals surface area contributed by atoms with Gasteiger partial charge in [0.2, 0.25) is 0 Å². The Labute approximate surface area is 101 Å². The number of imidazole rings is 1. The summed E-state index contributed by atoms with van der Waals surface area (Å²) >= 11 is 5.12. The molecule has 0 saturated carbocycles. The van der Waals surface area contributed by atoms with E-state index in [9.17, 15) is 9.18 Å². The minimum atomic E-state index is -0.581. The van der Waals surface area contributed by atoms with Gasteiger partial charge in [-0.05, 0) is 30.4 Å². The molecule has 0 saturated heterocycles. The minimum absolute atomic E-state index is 0.323. The monoisotopic (exact) mass is 254 g/mol. The second-order valence-corrected chi connectivity index (χ2v) is 3.92. The number of benzene rings is 1. The molecule has 0 spiro atoms. The number of urea groups is 1. The molecule has 4 N–H and O–H groups in total. The predicted molar refractivity (Wildman–Crippen MR) is 64.7 cm³/mol. The van der Waals surface area contributed by atoms with Crippen molar-refractivity contribution in [1.29, 1.82) is 0 Å². The molecule has 90 valence electrons. The quantitative estimate of drug-likeness (QED) is 0.726. The van der Waals surface area contributed by atoms with E-state index in [0.29, 0.717) is 23.4 Å². The lowest BCUT2D eigenvalue weighted by Crippen LogP contribution is -2.32. The van der Waals surface area contributed by atoms with Crippen molar-refractivity contribution < 1.29 is 9.18 Å². The van der Waals surface area contributed by atoms with E-state index in [1.807, 2.05) is 0 Å². The van der Waals surface area contributed by atoms with Crippen molar-refractivity contribution in [3.8, 4) is 0 Å². The molecule has 0 aliphatic carbocycles. The summed E-state index contributed by atoms with van der Waals surface area (Å²) in [5, 5.41) is 2.47. The highest BCUT2D eigenvalue weighted by Gasteiger charge is 2.05. The van der Waals surface area contributed by atoms with Crippen LogP contribution < -0.4 is 11.1 Å². The number of aromatic nitrogens is 2. The lowest BCUT2D eigenvalue weighted by molar-refractivity contribution is 0.248. The smallest absolute Gasteiger partial charge is 0.312 e. The highest BCUT2D eigenvalue weighted by Crippen LogP contribution is 2.15. The van der Waals surface area contributed by atoms with E-state index in [0.717, 1.165) is 5.52 Å². The normalized spacial score (nSPS) is 10.6. The maximum Gasteiger partial charge on any atom is 0.312 e. The summed E-state index contributed by atoms with van der Waals surface area (Å²) in [5.74, 6) is -0.323. The fourth-order valence-electron chi connectivity index (χ4n) is 1.65. The highest BCUT2D eigenvalue weighted by molar-refractivity contribution is 7.71. The van der Waals surface area contributed by atoms with Crippen LogP contribution in [0.4, 0.5) is 9.18 Å². The standard InChI is InChI=1S/C10H11FN4OS/c11-6-1-2-8-7(5-6)14-10(17)15(8)4-3-13-9(12)16/h1-2,5H,3-4H2,(H,14,17)(H3,12,13,16). The van der Waals surface area contributed by atoms with Gasteiger partial charge >= 0.3 is 6.03 Å². The van der Waals surface area contributed by atoms with Gasteiger partial charge in [-0.15, -0.1) is 0 Å². The molecule has 0 aliphatic heterocycles. The summed E-state index contributed by atoms with van der Waals surface area (Å²) in [6, 6.07) is 3.80. The van der Waals surface area contributed by atoms with Crippen LogP contribution in [0.5, 0.6) is 0 Å². The zero-order valence-corrected chi connectivity index (χ0v) is 9.68. The predicted octanol–water partition coefficient (Wildman–Crippen LogP) is 1.51. The maximum absolute atomic E-state index is 13.0. The Morgan fingerprint density at radius 2 is 2.35 bits per heavy atom. The number of amides is 2. The number of rotatable bonds is 3. The number of carbonyl (C=O) groups excluding carboxylic acids is 1. The first-order valence-electron chi connectivity index (χ1n) is 4.99. The number of nitrogens with two attached hydrogens (primary N) is 1. The molecule has 0 unspecified atom stereocenters. The van der Waals surface area contributed by atoms with Gasteiger partial charge < -0.3 is 20.6 Å². The lowest BCUT2D eigenvalue weighted by Gasteiger charge is -2.04. The van der Waals surface area contributed by atoms with Crippen LogP contribution in [0.1, 0.15) is 0 Å². The molecule has 2 rings (SSSR count). The van der Waals surface area contributed by atoms with Crippen molar-refractivity contribution in [2.45, 2.75) is 6.54 Å². The van der Waals surface area contributed by atoms with Gasteiger partial charge in [0, 0.05) is 13.1 Å². The van der Waals surface area contributed by atoms with Crippen LogP contribution in [-0.2, 0) is 6.54 Å². The van der Waals surface area contributed by atoms with Crippen molar-refractivity contribution in [3.63, 3.8) is 0 Å². The average Bonchev–Trinajstić information content (AvgIpc) is 2.54. The third-order valence-electron chi connectivity index (χ3n) is 2.37. The van der Waals surface area contributed by atoms with Gasteiger partial charge in [0.15, 0.2) is 4.77 Å². The number of nitrogens with one attached hydrogen (secondary N) is 2. The number of nitrogens with zero attached hydrogens (tertiary/aromatic N) is 1. The van der Waals surface area contributed by atoms with E-state index in [-0.39, 0.29) is 5.82 Å². The molecule has 2 aromatic rings. The van der Waals surface area contributed by atoms with Crippen LogP contribution in [0.2, 0.25) is 0 Å². The van der Waals surface area contributed by atoms with Crippen molar-refractivity contribution >= 4 is 29.3 Å². The number of carbonyl (C=O) groups is 1.